The predicted octanol–water partition coefficient (Wildman–Crippen LogP) is 2.92. The molecule has 7 heteroatoms. The molecule has 27 heavy (non-hydrogen) atoms. The number of methoxy groups -OCH3 is 1. The van der Waals surface area contributed by atoms with E-state index in [0.717, 1.165) is 32.5 Å². The lowest BCUT2D eigenvalue weighted by molar-refractivity contribution is -0.0151. The number of H-pyrrole nitrogens is 1. The first-order valence-corrected chi connectivity index (χ1v) is 9.50. The number of hydrogen-bond acceptors (Lipinski definition) is 6. The summed E-state index contributed by atoms with van der Waals surface area (Å²) in [5.74, 6) is 1.21. The van der Waals surface area contributed by atoms with Crippen molar-refractivity contribution in [1.29, 1.82) is 0 Å². The summed E-state index contributed by atoms with van der Waals surface area (Å²) in [6, 6.07) is 8.73. The van der Waals surface area contributed by atoms with Crippen LogP contribution < -0.4 is 0 Å². The Bertz CT molecular complexity index is 860. The minimum atomic E-state index is 0.204. The molecule has 1 aliphatic rings. The Labute approximate surface area is 158 Å². The zero-order valence-corrected chi connectivity index (χ0v) is 15.7. The number of rotatable bonds is 8. The third-order valence-electron chi connectivity index (χ3n) is 4.96. The van der Waals surface area contributed by atoms with Gasteiger partial charge < -0.3 is 19.0 Å². The predicted molar refractivity (Wildman–Crippen MR) is 101 cm³/mol. The molecule has 1 saturated heterocycles. The standard InChI is InChI=1S/C20H26N4O3/c1-25-10-7-20-22-19(23-27-20)14-26-17-3-2-9-24(13-17)12-15-4-5-18-16(11-15)6-8-21-18/h4-6,8,11,17,21H,2-3,7,9-10,12-14H2,1H3. The summed E-state index contributed by atoms with van der Waals surface area (Å²) < 4.78 is 16.3. The van der Waals surface area contributed by atoms with E-state index in [9.17, 15) is 0 Å². The summed E-state index contributed by atoms with van der Waals surface area (Å²) in [6.45, 7) is 3.96. The number of likely N-dealkylation sites (tertiary alicyclic amines) is 1. The highest BCUT2D eigenvalue weighted by atomic mass is 16.5. The zero-order valence-electron chi connectivity index (χ0n) is 15.7. The molecule has 2 aromatic heterocycles. The molecule has 0 bridgehead atoms. The van der Waals surface area contributed by atoms with Crippen molar-refractivity contribution in [2.45, 2.75) is 38.5 Å². The van der Waals surface area contributed by atoms with E-state index in [-0.39, 0.29) is 6.10 Å². The summed E-state index contributed by atoms with van der Waals surface area (Å²) in [5, 5.41) is 5.24. The number of aromatic amines is 1. The van der Waals surface area contributed by atoms with Crippen molar-refractivity contribution < 1.29 is 14.0 Å². The molecule has 0 radical (unpaired) electrons. The van der Waals surface area contributed by atoms with Crippen LogP contribution in [0, 0.1) is 0 Å². The first-order chi connectivity index (χ1) is 13.3. The van der Waals surface area contributed by atoms with Crippen molar-refractivity contribution >= 4 is 10.9 Å². The molecule has 0 spiro atoms. The zero-order chi connectivity index (χ0) is 18.5. The maximum atomic E-state index is 6.05. The van der Waals surface area contributed by atoms with Gasteiger partial charge in [0.15, 0.2) is 5.82 Å². The van der Waals surface area contributed by atoms with Gasteiger partial charge in [-0.1, -0.05) is 11.2 Å². The van der Waals surface area contributed by atoms with Crippen LogP contribution in [0.1, 0.15) is 30.1 Å². The number of fused-ring (bicyclic) bond motifs is 1. The van der Waals surface area contributed by atoms with Gasteiger partial charge >= 0.3 is 0 Å². The summed E-state index contributed by atoms with van der Waals surface area (Å²) in [7, 11) is 1.66. The molecule has 1 aliphatic heterocycles. The van der Waals surface area contributed by atoms with Gasteiger partial charge in [0, 0.05) is 31.9 Å². The Morgan fingerprint density at radius 1 is 1.33 bits per heavy atom. The van der Waals surface area contributed by atoms with E-state index >= 15 is 0 Å². The summed E-state index contributed by atoms with van der Waals surface area (Å²) in [5.41, 5.74) is 2.52. The van der Waals surface area contributed by atoms with Crippen molar-refractivity contribution in [3.8, 4) is 0 Å². The number of hydrogen-bond donors (Lipinski definition) is 1. The number of aromatic nitrogens is 3. The number of ether oxygens (including phenoxy) is 2. The largest absolute Gasteiger partial charge is 0.384 e. The van der Waals surface area contributed by atoms with Crippen molar-refractivity contribution in [3.05, 3.63) is 47.7 Å². The topological polar surface area (TPSA) is 76.4 Å². The van der Waals surface area contributed by atoms with Crippen LogP contribution in [0.4, 0.5) is 0 Å². The van der Waals surface area contributed by atoms with Gasteiger partial charge in [-0.15, -0.1) is 0 Å². The van der Waals surface area contributed by atoms with Gasteiger partial charge in [0.2, 0.25) is 5.89 Å². The fraction of sp³-hybridized carbons (Fsp3) is 0.500. The van der Waals surface area contributed by atoms with E-state index in [4.69, 9.17) is 14.0 Å². The second-order valence-electron chi connectivity index (χ2n) is 7.06. The van der Waals surface area contributed by atoms with Crippen LogP contribution in [0.5, 0.6) is 0 Å². The van der Waals surface area contributed by atoms with Crippen LogP contribution in [-0.4, -0.2) is 52.9 Å². The summed E-state index contributed by atoms with van der Waals surface area (Å²) in [6.07, 6.45) is 5.03. The van der Waals surface area contributed by atoms with E-state index in [1.807, 2.05) is 6.20 Å². The Morgan fingerprint density at radius 3 is 3.22 bits per heavy atom. The average molecular weight is 370 g/mol. The van der Waals surface area contributed by atoms with Gasteiger partial charge in [-0.3, -0.25) is 4.90 Å². The van der Waals surface area contributed by atoms with Crippen molar-refractivity contribution in [1.82, 2.24) is 20.0 Å². The van der Waals surface area contributed by atoms with Crippen molar-refractivity contribution in [3.63, 3.8) is 0 Å². The van der Waals surface area contributed by atoms with E-state index < -0.39 is 0 Å². The van der Waals surface area contributed by atoms with Crippen molar-refractivity contribution in [2.24, 2.45) is 0 Å². The first-order valence-electron chi connectivity index (χ1n) is 9.50. The molecule has 144 valence electrons. The maximum Gasteiger partial charge on any atom is 0.229 e. The van der Waals surface area contributed by atoms with E-state index in [0.29, 0.717) is 31.3 Å². The van der Waals surface area contributed by atoms with Crippen LogP contribution in [0.2, 0.25) is 0 Å². The second-order valence-corrected chi connectivity index (χ2v) is 7.06. The fourth-order valence-corrected chi connectivity index (χ4v) is 3.58. The first kappa shape index (κ1) is 18.2. The van der Waals surface area contributed by atoms with E-state index in [1.54, 1.807) is 7.11 Å². The molecule has 0 aliphatic carbocycles. The quantitative estimate of drug-likeness (QED) is 0.657. The Hall–Kier alpha value is -2.22. The summed E-state index contributed by atoms with van der Waals surface area (Å²) in [4.78, 5) is 10.0. The monoisotopic (exact) mass is 370 g/mol. The third kappa shape index (κ3) is 4.74. The van der Waals surface area contributed by atoms with Crippen LogP contribution >= 0.6 is 0 Å². The number of benzene rings is 1. The highest BCUT2D eigenvalue weighted by Crippen LogP contribution is 2.20. The molecule has 3 heterocycles. The third-order valence-corrected chi connectivity index (χ3v) is 4.96. The molecule has 1 unspecified atom stereocenters. The Balaban J connectivity index is 1.28. The number of nitrogens with one attached hydrogen (secondary N) is 1. The second kappa shape index (κ2) is 8.65. The van der Waals surface area contributed by atoms with Crippen molar-refractivity contribution in [2.75, 3.05) is 26.8 Å². The smallest absolute Gasteiger partial charge is 0.229 e. The Morgan fingerprint density at radius 2 is 2.30 bits per heavy atom. The van der Waals surface area contributed by atoms with Crippen LogP contribution in [0.15, 0.2) is 35.0 Å². The highest BCUT2D eigenvalue weighted by Gasteiger charge is 2.21. The van der Waals surface area contributed by atoms with Gasteiger partial charge in [0.05, 0.1) is 19.1 Å². The maximum absolute atomic E-state index is 6.05. The lowest BCUT2D eigenvalue weighted by atomic mass is 10.1. The van der Waals surface area contributed by atoms with Gasteiger partial charge in [-0.2, -0.15) is 4.98 Å². The molecule has 0 saturated carbocycles. The Kier molecular flexibility index (Phi) is 5.81. The molecule has 3 aromatic rings. The van der Waals surface area contributed by atoms with E-state index in [1.165, 1.54) is 16.5 Å². The molecular formula is C20H26N4O3. The average Bonchev–Trinajstić information content (AvgIpc) is 3.34. The molecule has 1 fully saturated rings. The number of nitrogens with zero attached hydrogens (tertiary/aromatic N) is 3. The molecule has 4 rings (SSSR count). The minimum Gasteiger partial charge on any atom is -0.384 e. The van der Waals surface area contributed by atoms with E-state index in [2.05, 4.69) is 44.3 Å². The minimum absolute atomic E-state index is 0.204. The molecule has 0 amide bonds. The summed E-state index contributed by atoms with van der Waals surface area (Å²) >= 11 is 0. The SMILES string of the molecule is COCCc1nc(COC2CCCN(Cc3ccc4[nH]ccc4c3)C2)no1. The molecular weight excluding hydrogens is 344 g/mol. The van der Waals surface area contributed by atoms with Crippen LogP contribution in [-0.2, 0) is 29.0 Å². The highest BCUT2D eigenvalue weighted by molar-refractivity contribution is 5.79. The lowest BCUT2D eigenvalue weighted by Gasteiger charge is -2.32. The normalized spacial score (nSPS) is 18.3. The van der Waals surface area contributed by atoms with Crippen LogP contribution in [0.25, 0.3) is 10.9 Å². The fourth-order valence-electron chi connectivity index (χ4n) is 3.58. The lowest BCUT2D eigenvalue weighted by Crippen LogP contribution is -2.39. The van der Waals surface area contributed by atoms with Gasteiger partial charge in [-0.25, -0.2) is 0 Å². The van der Waals surface area contributed by atoms with Gasteiger partial charge in [-0.05, 0) is 48.5 Å². The molecule has 1 atom stereocenters. The molecule has 7 nitrogen and oxygen atoms in total. The molecule has 1 N–H and O–H groups in total. The molecule has 1 aromatic carbocycles. The van der Waals surface area contributed by atoms with Crippen LogP contribution in [0.3, 0.4) is 0 Å². The van der Waals surface area contributed by atoms with Gasteiger partial charge in [0.1, 0.15) is 6.61 Å². The van der Waals surface area contributed by atoms with Gasteiger partial charge in [0.25, 0.3) is 0 Å². The number of piperidine rings is 1.